The van der Waals surface area contributed by atoms with E-state index in [1.165, 1.54) is 5.56 Å². The number of fused-ring (bicyclic) bond motifs is 1. The second kappa shape index (κ2) is 6.65. The first-order valence-electron chi connectivity index (χ1n) is 8.98. The van der Waals surface area contributed by atoms with E-state index in [4.69, 9.17) is 4.42 Å². The quantitative estimate of drug-likeness (QED) is 0.901. The molecule has 1 fully saturated rings. The lowest BCUT2D eigenvalue weighted by Crippen LogP contribution is -2.49. The summed E-state index contributed by atoms with van der Waals surface area (Å²) < 4.78 is 5.26. The number of hydrogen-bond donors (Lipinski definition) is 2. The monoisotopic (exact) mass is 340 g/mol. The van der Waals surface area contributed by atoms with Gasteiger partial charge in [-0.1, -0.05) is 24.3 Å². The lowest BCUT2D eigenvalue weighted by atomic mass is 10.0. The van der Waals surface area contributed by atoms with Crippen molar-refractivity contribution in [3.63, 3.8) is 0 Å². The first-order chi connectivity index (χ1) is 12.1. The molecule has 0 spiro atoms. The van der Waals surface area contributed by atoms with Crippen molar-refractivity contribution in [2.45, 2.75) is 44.4 Å². The van der Waals surface area contributed by atoms with Crippen LogP contribution in [0.25, 0.3) is 0 Å². The molecule has 0 saturated carbocycles. The standard InChI is InChI=1S/C20H24N2O3/c1-13-8-11-25-19(13)20(24)21-15-6-9-22(10-7-15)17-12-14-4-2-3-5-16(14)18(17)23/h2-5,8,11,15,17-18,23H,6-7,9-10,12H2,1H3,(H,21,24). The van der Waals surface area contributed by atoms with Crippen LogP contribution >= 0.6 is 0 Å². The average Bonchev–Trinajstić information content (AvgIpc) is 3.20. The largest absolute Gasteiger partial charge is 0.459 e. The molecule has 1 saturated heterocycles. The number of benzene rings is 1. The van der Waals surface area contributed by atoms with Crippen LogP contribution in [0.15, 0.2) is 41.0 Å². The topological polar surface area (TPSA) is 65.7 Å². The van der Waals surface area contributed by atoms with Crippen molar-refractivity contribution in [1.82, 2.24) is 10.2 Å². The third-order valence-electron chi connectivity index (χ3n) is 5.57. The number of carbonyl (C=O) groups excluding carboxylic acids is 1. The van der Waals surface area contributed by atoms with Crippen molar-refractivity contribution in [3.8, 4) is 0 Å². The van der Waals surface area contributed by atoms with Crippen molar-refractivity contribution in [2.75, 3.05) is 13.1 Å². The van der Waals surface area contributed by atoms with E-state index in [2.05, 4.69) is 16.3 Å². The molecule has 1 aromatic heterocycles. The number of nitrogens with zero attached hydrogens (tertiary/aromatic N) is 1. The Morgan fingerprint density at radius 1 is 1.24 bits per heavy atom. The smallest absolute Gasteiger partial charge is 0.287 e. The first-order valence-corrected chi connectivity index (χ1v) is 8.98. The van der Waals surface area contributed by atoms with E-state index in [0.29, 0.717) is 5.76 Å². The summed E-state index contributed by atoms with van der Waals surface area (Å²) in [6.45, 7) is 3.65. The highest BCUT2D eigenvalue weighted by atomic mass is 16.3. The van der Waals surface area contributed by atoms with Crippen LogP contribution in [0.5, 0.6) is 0 Å². The van der Waals surface area contributed by atoms with Gasteiger partial charge in [-0.3, -0.25) is 9.69 Å². The molecule has 2 aromatic rings. The number of nitrogens with one attached hydrogen (secondary N) is 1. The summed E-state index contributed by atoms with van der Waals surface area (Å²) in [6.07, 6.45) is 3.83. The van der Waals surface area contributed by atoms with E-state index < -0.39 is 6.10 Å². The number of aliphatic hydroxyl groups is 1. The zero-order chi connectivity index (χ0) is 17.4. The Labute approximate surface area is 147 Å². The Hall–Kier alpha value is -2.11. The molecule has 5 heteroatoms. The Balaban J connectivity index is 1.33. The fourth-order valence-corrected chi connectivity index (χ4v) is 4.11. The number of amides is 1. The van der Waals surface area contributed by atoms with Crippen LogP contribution in [0.2, 0.25) is 0 Å². The van der Waals surface area contributed by atoms with E-state index in [0.717, 1.165) is 43.5 Å². The lowest BCUT2D eigenvalue weighted by Gasteiger charge is -2.37. The summed E-state index contributed by atoms with van der Waals surface area (Å²) in [5.41, 5.74) is 3.18. The molecule has 2 heterocycles. The Morgan fingerprint density at radius 3 is 2.68 bits per heavy atom. The average molecular weight is 340 g/mol. The second-order valence-electron chi connectivity index (χ2n) is 7.13. The van der Waals surface area contributed by atoms with Crippen molar-refractivity contribution in [1.29, 1.82) is 0 Å². The minimum atomic E-state index is -0.409. The highest BCUT2D eigenvalue weighted by Gasteiger charge is 2.36. The van der Waals surface area contributed by atoms with Gasteiger partial charge in [0.15, 0.2) is 5.76 Å². The molecule has 2 unspecified atom stereocenters. The van der Waals surface area contributed by atoms with Gasteiger partial charge in [-0.25, -0.2) is 0 Å². The molecule has 1 amide bonds. The van der Waals surface area contributed by atoms with Crippen molar-refractivity contribution < 1.29 is 14.3 Å². The Kier molecular flexibility index (Phi) is 4.36. The number of piperidine rings is 1. The van der Waals surface area contributed by atoms with Gasteiger partial charge in [0.25, 0.3) is 5.91 Å². The van der Waals surface area contributed by atoms with E-state index in [-0.39, 0.29) is 18.0 Å². The summed E-state index contributed by atoms with van der Waals surface area (Å²) >= 11 is 0. The van der Waals surface area contributed by atoms with E-state index in [9.17, 15) is 9.90 Å². The summed E-state index contributed by atoms with van der Waals surface area (Å²) in [7, 11) is 0. The van der Waals surface area contributed by atoms with Gasteiger partial charge in [-0.05, 0) is 43.4 Å². The van der Waals surface area contributed by atoms with E-state index in [1.54, 1.807) is 12.3 Å². The molecule has 0 bridgehead atoms. The molecule has 132 valence electrons. The summed E-state index contributed by atoms with van der Waals surface area (Å²) in [5, 5.41) is 13.7. The Bertz CT molecular complexity index is 762. The SMILES string of the molecule is Cc1ccoc1C(=O)NC1CCN(C2Cc3ccccc3C2O)CC1. The first kappa shape index (κ1) is 16.4. The van der Waals surface area contributed by atoms with Crippen LogP contribution in [0.1, 0.15) is 46.2 Å². The predicted octanol–water partition coefficient (Wildman–Crippen LogP) is 2.44. The van der Waals surface area contributed by atoms with Crippen molar-refractivity contribution in [3.05, 3.63) is 59.0 Å². The number of rotatable bonds is 3. The number of hydrogen-bond acceptors (Lipinski definition) is 4. The highest BCUT2D eigenvalue weighted by Crippen LogP contribution is 2.35. The normalized spacial score (nSPS) is 24.2. The molecule has 2 N–H and O–H groups in total. The highest BCUT2D eigenvalue weighted by molar-refractivity contribution is 5.92. The van der Waals surface area contributed by atoms with Gasteiger partial charge in [0, 0.05) is 30.7 Å². The molecule has 25 heavy (non-hydrogen) atoms. The van der Waals surface area contributed by atoms with Crippen molar-refractivity contribution >= 4 is 5.91 Å². The lowest BCUT2D eigenvalue weighted by molar-refractivity contribution is 0.0425. The van der Waals surface area contributed by atoms with Crippen molar-refractivity contribution in [2.24, 2.45) is 0 Å². The fourth-order valence-electron chi connectivity index (χ4n) is 4.11. The van der Waals surface area contributed by atoms with Gasteiger partial charge in [0.1, 0.15) is 0 Å². The molecule has 2 aliphatic rings. The number of aryl methyl sites for hydroxylation is 1. The molecule has 1 aliphatic heterocycles. The zero-order valence-corrected chi connectivity index (χ0v) is 14.4. The minimum Gasteiger partial charge on any atom is -0.459 e. The number of likely N-dealkylation sites (tertiary alicyclic amines) is 1. The van der Waals surface area contributed by atoms with Crippen LogP contribution in [0.4, 0.5) is 0 Å². The van der Waals surface area contributed by atoms with Crippen LogP contribution < -0.4 is 5.32 Å². The third-order valence-corrected chi connectivity index (χ3v) is 5.57. The second-order valence-corrected chi connectivity index (χ2v) is 7.13. The number of furan rings is 1. The molecule has 1 aliphatic carbocycles. The maximum absolute atomic E-state index is 12.3. The summed E-state index contributed by atoms with van der Waals surface area (Å²) in [6, 6.07) is 10.3. The van der Waals surface area contributed by atoms with Crippen LogP contribution in [0, 0.1) is 6.92 Å². The molecular weight excluding hydrogens is 316 g/mol. The number of aliphatic hydroxyl groups excluding tert-OH is 1. The van der Waals surface area contributed by atoms with Gasteiger partial charge in [0.2, 0.25) is 0 Å². The summed E-state index contributed by atoms with van der Waals surface area (Å²) in [4.78, 5) is 14.6. The van der Waals surface area contributed by atoms with Crippen LogP contribution in [-0.4, -0.2) is 41.1 Å². The minimum absolute atomic E-state index is 0.130. The molecule has 0 radical (unpaired) electrons. The molecule has 1 aromatic carbocycles. The van der Waals surface area contributed by atoms with Gasteiger partial charge in [-0.15, -0.1) is 0 Å². The van der Waals surface area contributed by atoms with Crippen LogP contribution in [0.3, 0.4) is 0 Å². The maximum Gasteiger partial charge on any atom is 0.287 e. The van der Waals surface area contributed by atoms with Crippen LogP contribution in [-0.2, 0) is 6.42 Å². The maximum atomic E-state index is 12.3. The van der Waals surface area contributed by atoms with E-state index in [1.807, 2.05) is 25.1 Å². The predicted molar refractivity (Wildman–Crippen MR) is 94.4 cm³/mol. The summed E-state index contributed by atoms with van der Waals surface area (Å²) in [5.74, 6) is 0.276. The third kappa shape index (κ3) is 3.10. The zero-order valence-electron chi connectivity index (χ0n) is 14.4. The fraction of sp³-hybridized carbons (Fsp3) is 0.450. The Morgan fingerprint density at radius 2 is 2.00 bits per heavy atom. The van der Waals surface area contributed by atoms with E-state index >= 15 is 0 Å². The molecule has 2 atom stereocenters. The van der Waals surface area contributed by atoms with Gasteiger partial charge < -0.3 is 14.8 Å². The molecule has 5 nitrogen and oxygen atoms in total. The van der Waals surface area contributed by atoms with Gasteiger partial charge >= 0.3 is 0 Å². The molecular formula is C20H24N2O3. The molecule has 4 rings (SSSR count). The van der Waals surface area contributed by atoms with Gasteiger partial charge in [0.05, 0.1) is 12.4 Å². The van der Waals surface area contributed by atoms with Gasteiger partial charge in [-0.2, -0.15) is 0 Å². The number of carbonyl (C=O) groups is 1.